The second-order valence-electron chi connectivity index (χ2n) is 5.97. The number of aliphatic imine (C=N–C) groups is 1. The summed E-state index contributed by atoms with van der Waals surface area (Å²) in [6.45, 7) is 1.96. The fourth-order valence-electron chi connectivity index (χ4n) is 3.07. The molecule has 1 fully saturated rings. The lowest BCUT2D eigenvalue weighted by Gasteiger charge is -2.33. The van der Waals surface area contributed by atoms with Gasteiger partial charge in [0.15, 0.2) is 5.17 Å². The highest BCUT2D eigenvalue weighted by molar-refractivity contribution is 8.15. The molecule has 2 heterocycles. The van der Waals surface area contributed by atoms with E-state index in [-0.39, 0.29) is 5.91 Å². The number of amidine groups is 1. The van der Waals surface area contributed by atoms with E-state index in [1.807, 2.05) is 19.1 Å². The quantitative estimate of drug-likeness (QED) is 0.842. The summed E-state index contributed by atoms with van der Waals surface area (Å²) < 4.78 is -0.610. The number of carbonyl (C=O) groups is 1. The minimum Gasteiger partial charge on any atom is -0.351 e. The van der Waals surface area contributed by atoms with Gasteiger partial charge in [-0.25, -0.2) is 0 Å². The lowest BCUT2D eigenvalue weighted by Crippen LogP contribution is -2.36. The Balaban J connectivity index is 1.78. The maximum absolute atomic E-state index is 12.4. The van der Waals surface area contributed by atoms with Crippen LogP contribution in [0.15, 0.2) is 29.5 Å². The molecular formula is C16H21N3OS. The van der Waals surface area contributed by atoms with Gasteiger partial charge in [0.05, 0.1) is 0 Å². The van der Waals surface area contributed by atoms with Gasteiger partial charge in [-0.15, -0.1) is 0 Å². The van der Waals surface area contributed by atoms with Crippen LogP contribution in [0.4, 0.5) is 0 Å². The first-order chi connectivity index (χ1) is 10.1. The van der Waals surface area contributed by atoms with Gasteiger partial charge in [0, 0.05) is 25.5 Å². The molecule has 5 heteroatoms. The predicted molar refractivity (Wildman–Crippen MR) is 86.3 cm³/mol. The highest BCUT2D eigenvalue weighted by Gasteiger charge is 2.44. The van der Waals surface area contributed by atoms with Gasteiger partial charge in [0.2, 0.25) is 0 Å². The molecule has 0 bridgehead atoms. The third kappa shape index (κ3) is 2.71. The number of hydrogen-bond acceptors (Lipinski definition) is 4. The number of amides is 1. The minimum absolute atomic E-state index is 0.0589. The fraction of sp³-hybridized carbons (Fsp3) is 0.562. The standard InChI is InChI=1S/C16H21N3OS/c1-16(12-8-10-17-11-9-12)14(20)18-15(21-16)19(2)13-6-4-3-5-7-13/h8-11,13H,3-7H2,1-2H3. The van der Waals surface area contributed by atoms with Gasteiger partial charge < -0.3 is 4.90 Å². The molecule has 21 heavy (non-hydrogen) atoms. The predicted octanol–water partition coefficient (Wildman–Crippen LogP) is 3.19. The molecule has 1 saturated carbocycles. The van der Waals surface area contributed by atoms with E-state index in [9.17, 15) is 4.79 Å². The summed E-state index contributed by atoms with van der Waals surface area (Å²) in [4.78, 5) is 23.0. The smallest absolute Gasteiger partial charge is 0.269 e. The van der Waals surface area contributed by atoms with Crippen LogP contribution in [-0.2, 0) is 9.54 Å². The van der Waals surface area contributed by atoms with Crippen LogP contribution >= 0.6 is 11.8 Å². The van der Waals surface area contributed by atoms with E-state index in [4.69, 9.17) is 0 Å². The van der Waals surface area contributed by atoms with E-state index < -0.39 is 4.75 Å². The first-order valence-electron chi connectivity index (χ1n) is 7.57. The van der Waals surface area contributed by atoms with Crippen LogP contribution in [0.2, 0.25) is 0 Å². The Morgan fingerprint density at radius 2 is 1.90 bits per heavy atom. The van der Waals surface area contributed by atoms with Crippen LogP contribution in [0.3, 0.4) is 0 Å². The van der Waals surface area contributed by atoms with Crippen molar-refractivity contribution in [2.24, 2.45) is 4.99 Å². The number of aromatic nitrogens is 1. The van der Waals surface area contributed by atoms with Crippen molar-refractivity contribution in [2.75, 3.05) is 7.05 Å². The zero-order valence-corrected chi connectivity index (χ0v) is 13.4. The number of pyridine rings is 1. The van der Waals surface area contributed by atoms with E-state index in [0.717, 1.165) is 10.7 Å². The van der Waals surface area contributed by atoms with Crippen molar-refractivity contribution in [3.63, 3.8) is 0 Å². The molecular weight excluding hydrogens is 282 g/mol. The Kier molecular flexibility index (Phi) is 4.02. The lowest BCUT2D eigenvalue weighted by molar-refractivity contribution is -0.119. The van der Waals surface area contributed by atoms with Crippen molar-refractivity contribution in [3.8, 4) is 0 Å². The molecule has 112 valence electrons. The maximum Gasteiger partial charge on any atom is 0.269 e. The van der Waals surface area contributed by atoms with Crippen molar-refractivity contribution < 1.29 is 4.79 Å². The van der Waals surface area contributed by atoms with E-state index in [1.54, 1.807) is 24.2 Å². The molecule has 1 amide bonds. The largest absolute Gasteiger partial charge is 0.351 e. The Morgan fingerprint density at radius 1 is 1.24 bits per heavy atom. The molecule has 2 aliphatic rings. The van der Waals surface area contributed by atoms with Gasteiger partial charge in [0.25, 0.3) is 5.91 Å². The van der Waals surface area contributed by atoms with Crippen molar-refractivity contribution in [1.29, 1.82) is 0 Å². The second-order valence-corrected chi connectivity index (χ2v) is 7.36. The van der Waals surface area contributed by atoms with Gasteiger partial charge >= 0.3 is 0 Å². The van der Waals surface area contributed by atoms with Crippen LogP contribution in [0.5, 0.6) is 0 Å². The third-order valence-corrected chi connectivity index (χ3v) is 5.94. The summed E-state index contributed by atoms with van der Waals surface area (Å²) >= 11 is 1.57. The molecule has 0 aromatic carbocycles. The normalized spacial score (nSPS) is 26.8. The highest BCUT2D eigenvalue weighted by atomic mass is 32.2. The van der Waals surface area contributed by atoms with Gasteiger partial charge in [-0.3, -0.25) is 9.78 Å². The number of rotatable bonds is 2. The summed E-state index contributed by atoms with van der Waals surface area (Å²) in [6.07, 6.45) is 9.77. The van der Waals surface area contributed by atoms with Crippen molar-refractivity contribution in [3.05, 3.63) is 30.1 Å². The topological polar surface area (TPSA) is 45.6 Å². The summed E-state index contributed by atoms with van der Waals surface area (Å²) in [7, 11) is 2.08. The van der Waals surface area contributed by atoms with Crippen LogP contribution in [-0.4, -0.2) is 34.0 Å². The van der Waals surface area contributed by atoms with Crippen molar-refractivity contribution in [2.45, 2.75) is 49.8 Å². The molecule has 0 radical (unpaired) electrons. The Hall–Kier alpha value is -1.36. The molecule has 1 atom stereocenters. The molecule has 1 unspecified atom stereocenters. The van der Waals surface area contributed by atoms with Crippen molar-refractivity contribution in [1.82, 2.24) is 9.88 Å². The van der Waals surface area contributed by atoms with Crippen LogP contribution in [0.25, 0.3) is 0 Å². The van der Waals surface area contributed by atoms with Gasteiger partial charge in [0.1, 0.15) is 4.75 Å². The average Bonchev–Trinajstić information content (AvgIpc) is 2.85. The van der Waals surface area contributed by atoms with Crippen LogP contribution in [0, 0.1) is 0 Å². The van der Waals surface area contributed by atoms with E-state index >= 15 is 0 Å². The SMILES string of the molecule is CN(C1=NC(=O)C(C)(c2ccncc2)S1)C1CCCCC1. The first-order valence-corrected chi connectivity index (χ1v) is 8.38. The molecule has 1 aromatic rings. The summed E-state index contributed by atoms with van der Waals surface area (Å²) in [5.41, 5.74) is 0.975. The monoisotopic (exact) mass is 303 g/mol. The molecule has 0 N–H and O–H groups in total. The van der Waals surface area contributed by atoms with E-state index in [2.05, 4.69) is 21.9 Å². The second kappa shape index (κ2) is 5.79. The van der Waals surface area contributed by atoms with Crippen LogP contribution < -0.4 is 0 Å². The summed E-state index contributed by atoms with van der Waals surface area (Å²) in [5.74, 6) is -0.0589. The molecule has 4 nitrogen and oxygen atoms in total. The molecule has 1 aliphatic carbocycles. The summed E-state index contributed by atoms with van der Waals surface area (Å²) in [6, 6.07) is 4.34. The van der Waals surface area contributed by atoms with Crippen molar-refractivity contribution >= 4 is 22.8 Å². The van der Waals surface area contributed by atoms with Gasteiger partial charge in [-0.05, 0) is 37.5 Å². The molecule has 1 aromatic heterocycles. The highest BCUT2D eigenvalue weighted by Crippen LogP contribution is 2.44. The lowest BCUT2D eigenvalue weighted by atomic mass is 9.95. The number of carbonyl (C=O) groups excluding carboxylic acids is 1. The van der Waals surface area contributed by atoms with E-state index in [0.29, 0.717) is 6.04 Å². The number of hydrogen-bond donors (Lipinski definition) is 0. The molecule has 0 saturated heterocycles. The number of thioether (sulfide) groups is 1. The average molecular weight is 303 g/mol. The summed E-state index contributed by atoms with van der Waals surface area (Å²) in [5, 5.41) is 0.867. The Bertz CT molecular complexity index is 554. The van der Waals surface area contributed by atoms with E-state index in [1.165, 1.54) is 32.1 Å². The Labute approximate surface area is 130 Å². The van der Waals surface area contributed by atoms with Crippen LogP contribution in [0.1, 0.15) is 44.6 Å². The Morgan fingerprint density at radius 3 is 2.57 bits per heavy atom. The molecule has 1 aliphatic heterocycles. The molecule has 0 spiro atoms. The number of nitrogens with zero attached hydrogens (tertiary/aromatic N) is 3. The zero-order chi connectivity index (χ0) is 14.9. The van der Waals surface area contributed by atoms with Gasteiger partial charge in [-0.1, -0.05) is 31.0 Å². The minimum atomic E-state index is -0.610. The third-order valence-electron chi connectivity index (χ3n) is 4.56. The zero-order valence-electron chi connectivity index (χ0n) is 12.6. The van der Waals surface area contributed by atoms with Gasteiger partial charge in [-0.2, -0.15) is 4.99 Å². The maximum atomic E-state index is 12.4. The fourth-order valence-corrected chi connectivity index (χ4v) is 4.24. The first kappa shape index (κ1) is 14.6. The molecule has 3 rings (SSSR count).